The van der Waals surface area contributed by atoms with E-state index in [0.29, 0.717) is 16.8 Å². The molecule has 0 unspecified atom stereocenters. The molecule has 2 heterocycles. The van der Waals surface area contributed by atoms with Gasteiger partial charge in [0, 0.05) is 36.8 Å². The minimum Gasteiger partial charge on any atom is -0.311 e. The van der Waals surface area contributed by atoms with Gasteiger partial charge in [-0.25, -0.2) is 4.98 Å². The molecule has 0 atom stereocenters. The van der Waals surface area contributed by atoms with Crippen molar-refractivity contribution < 1.29 is 4.79 Å². The van der Waals surface area contributed by atoms with Crippen LogP contribution in [0, 0.1) is 6.92 Å². The fourth-order valence-electron chi connectivity index (χ4n) is 3.23. The number of rotatable bonds is 3. The molecule has 0 radical (unpaired) electrons. The maximum absolute atomic E-state index is 11.3. The summed E-state index contributed by atoms with van der Waals surface area (Å²) >= 11 is 6.38. The van der Waals surface area contributed by atoms with Crippen LogP contribution >= 0.6 is 11.6 Å². The summed E-state index contributed by atoms with van der Waals surface area (Å²) in [6, 6.07) is 5.98. The molecule has 3 aromatic rings. The maximum Gasteiger partial charge on any atom is 0.222 e. The molecule has 25 heavy (non-hydrogen) atoms. The highest BCUT2D eigenvalue weighted by atomic mass is 35.5. The van der Waals surface area contributed by atoms with Crippen LogP contribution in [0.3, 0.4) is 0 Å². The lowest BCUT2D eigenvalue weighted by Gasteiger charge is -2.10. The number of pyridine rings is 1. The zero-order chi connectivity index (χ0) is 18.3. The summed E-state index contributed by atoms with van der Waals surface area (Å²) in [5.41, 5.74) is 5.10. The minimum absolute atomic E-state index is 0.165. The number of halogens is 1. The van der Waals surface area contributed by atoms with Crippen LogP contribution in [-0.4, -0.2) is 20.7 Å². The van der Waals surface area contributed by atoms with Crippen molar-refractivity contribution in [3.63, 3.8) is 0 Å². The highest BCUT2D eigenvalue weighted by molar-refractivity contribution is 6.33. The molecule has 130 valence electrons. The average molecular weight is 357 g/mol. The second kappa shape index (κ2) is 6.48. The quantitative estimate of drug-likeness (QED) is 0.741. The van der Waals surface area contributed by atoms with Gasteiger partial charge in [-0.15, -0.1) is 0 Å². The molecule has 0 saturated heterocycles. The summed E-state index contributed by atoms with van der Waals surface area (Å²) in [5.74, 6) is 0.675. The van der Waals surface area contributed by atoms with Gasteiger partial charge in [-0.2, -0.15) is 5.10 Å². The van der Waals surface area contributed by atoms with Crippen molar-refractivity contribution in [1.82, 2.24) is 14.8 Å². The molecular formula is C19H21ClN4O. The minimum atomic E-state index is -0.165. The second-order valence-electron chi connectivity index (χ2n) is 6.58. The number of fused-ring (bicyclic) bond motifs is 1. The molecule has 0 saturated carbocycles. The van der Waals surface area contributed by atoms with E-state index in [1.165, 1.54) is 12.6 Å². The van der Waals surface area contributed by atoms with E-state index in [1.807, 2.05) is 18.7 Å². The van der Waals surface area contributed by atoms with E-state index >= 15 is 0 Å². The smallest absolute Gasteiger partial charge is 0.222 e. The van der Waals surface area contributed by atoms with Crippen LogP contribution in [0.5, 0.6) is 0 Å². The third-order valence-corrected chi connectivity index (χ3v) is 4.49. The molecule has 3 rings (SSSR count). The number of nitrogens with zero attached hydrogens (tertiary/aromatic N) is 3. The van der Waals surface area contributed by atoms with Gasteiger partial charge in [0.2, 0.25) is 5.91 Å². The largest absolute Gasteiger partial charge is 0.311 e. The number of benzene rings is 1. The molecule has 1 amide bonds. The second-order valence-corrected chi connectivity index (χ2v) is 6.99. The zero-order valence-corrected chi connectivity index (χ0v) is 15.8. The SMILES string of the molecule is CC(=O)Nc1cc(-c2cc(C)c3nn(C)c(C(C)C)c3c2)c(Cl)cn1. The molecule has 5 nitrogen and oxygen atoms in total. The Morgan fingerprint density at radius 2 is 2.00 bits per heavy atom. The first-order valence-electron chi connectivity index (χ1n) is 8.18. The summed E-state index contributed by atoms with van der Waals surface area (Å²) < 4.78 is 1.95. The number of carbonyl (C=O) groups excluding carboxylic acids is 1. The van der Waals surface area contributed by atoms with Crippen LogP contribution in [0.15, 0.2) is 24.4 Å². The van der Waals surface area contributed by atoms with Gasteiger partial charge in [0.05, 0.1) is 10.5 Å². The first-order valence-corrected chi connectivity index (χ1v) is 8.56. The van der Waals surface area contributed by atoms with E-state index in [-0.39, 0.29) is 5.91 Å². The van der Waals surface area contributed by atoms with E-state index in [1.54, 1.807) is 12.3 Å². The summed E-state index contributed by atoms with van der Waals surface area (Å²) in [7, 11) is 1.97. The molecule has 0 spiro atoms. The van der Waals surface area contributed by atoms with Gasteiger partial charge in [-0.05, 0) is 42.2 Å². The van der Waals surface area contributed by atoms with E-state index in [2.05, 4.69) is 41.4 Å². The number of hydrogen-bond donors (Lipinski definition) is 1. The predicted octanol–water partition coefficient (Wildman–Crippen LogP) is 4.68. The Labute approximate surface area is 152 Å². The Bertz CT molecular complexity index is 975. The Kier molecular flexibility index (Phi) is 4.52. The summed E-state index contributed by atoms with van der Waals surface area (Å²) in [6.45, 7) is 7.82. The van der Waals surface area contributed by atoms with Crippen molar-refractivity contribution in [3.8, 4) is 11.1 Å². The van der Waals surface area contributed by atoms with Gasteiger partial charge >= 0.3 is 0 Å². The Balaban J connectivity index is 2.22. The number of aryl methyl sites for hydroxylation is 2. The zero-order valence-electron chi connectivity index (χ0n) is 15.0. The number of aromatic nitrogens is 3. The van der Waals surface area contributed by atoms with E-state index in [9.17, 15) is 4.79 Å². The van der Waals surface area contributed by atoms with Gasteiger partial charge in [-0.1, -0.05) is 25.4 Å². The van der Waals surface area contributed by atoms with Crippen molar-refractivity contribution in [2.45, 2.75) is 33.6 Å². The number of nitrogens with one attached hydrogen (secondary N) is 1. The van der Waals surface area contributed by atoms with Crippen molar-refractivity contribution in [1.29, 1.82) is 0 Å². The molecule has 0 bridgehead atoms. The number of anilines is 1. The molecule has 0 aliphatic rings. The molecule has 0 aliphatic heterocycles. The normalized spacial score (nSPS) is 11.3. The van der Waals surface area contributed by atoms with E-state index in [4.69, 9.17) is 11.6 Å². The highest BCUT2D eigenvalue weighted by Gasteiger charge is 2.16. The summed E-state index contributed by atoms with van der Waals surface area (Å²) in [5, 5.41) is 9.04. The van der Waals surface area contributed by atoms with Crippen molar-refractivity contribution in [2.75, 3.05) is 5.32 Å². The molecular weight excluding hydrogens is 336 g/mol. The van der Waals surface area contributed by atoms with Gasteiger partial charge in [0.1, 0.15) is 5.82 Å². The Morgan fingerprint density at radius 3 is 2.64 bits per heavy atom. The van der Waals surface area contributed by atoms with Gasteiger partial charge in [-0.3, -0.25) is 9.48 Å². The highest BCUT2D eigenvalue weighted by Crippen LogP contribution is 2.35. The fourth-order valence-corrected chi connectivity index (χ4v) is 3.45. The van der Waals surface area contributed by atoms with Gasteiger partial charge < -0.3 is 5.32 Å². The topological polar surface area (TPSA) is 59.8 Å². The number of carbonyl (C=O) groups is 1. The Hall–Kier alpha value is -2.40. The molecule has 1 N–H and O–H groups in total. The van der Waals surface area contributed by atoms with Crippen LogP contribution < -0.4 is 5.32 Å². The fraction of sp³-hybridized carbons (Fsp3) is 0.316. The van der Waals surface area contributed by atoms with Crippen LogP contribution in [0.4, 0.5) is 5.82 Å². The lowest BCUT2D eigenvalue weighted by atomic mass is 9.98. The third kappa shape index (κ3) is 3.24. The number of amides is 1. The average Bonchev–Trinajstić information content (AvgIpc) is 2.85. The monoisotopic (exact) mass is 356 g/mol. The van der Waals surface area contributed by atoms with Crippen LogP contribution in [0.1, 0.15) is 37.9 Å². The van der Waals surface area contributed by atoms with Crippen LogP contribution in [0.2, 0.25) is 5.02 Å². The molecule has 0 fully saturated rings. The first kappa shape index (κ1) is 17.4. The Morgan fingerprint density at radius 1 is 1.28 bits per heavy atom. The first-order chi connectivity index (χ1) is 11.8. The maximum atomic E-state index is 11.3. The van der Waals surface area contributed by atoms with Crippen molar-refractivity contribution in [3.05, 3.63) is 40.7 Å². The van der Waals surface area contributed by atoms with Crippen LogP contribution in [-0.2, 0) is 11.8 Å². The molecule has 0 aliphatic carbocycles. The summed E-state index contributed by atoms with van der Waals surface area (Å²) in [4.78, 5) is 15.5. The van der Waals surface area contributed by atoms with Crippen LogP contribution in [0.25, 0.3) is 22.0 Å². The predicted molar refractivity (Wildman–Crippen MR) is 102 cm³/mol. The van der Waals surface area contributed by atoms with Crippen molar-refractivity contribution in [2.24, 2.45) is 7.05 Å². The van der Waals surface area contributed by atoms with E-state index in [0.717, 1.165) is 27.6 Å². The van der Waals surface area contributed by atoms with Crippen molar-refractivity contribution >= 4 is 34.2 Å². The van der Waals surface area contributed by atoms with Gasteiger partial charge in [0.15, 0.2) is 0 Å². The summed E-state index contributed by atoms with van der Waals surface area (Å²) in [6.07, 6.45) is 1.56. The van der Waals surface area contributed by atoms with E-state index < -0.39 is 0 Å². The molecule has 6 heteroatoms. The van der Waals surface area contributed by atoms with Gasteiger partial charge in [0.25, 0.3) is 0 Å². The lowest BCUT2D eigenvalue weighted by Crippen LogP contribution is -2.07. The third-order valence-electron chi connectivity index (χ3n) is 4.19. The molecule has 2 aromatic heterocycles. The standard InChI is InChI=1S/C19H21ClN4O/c1-10(2)19-15-7-13(6-11(3)18(15)23-24(19)5)14-8-17(22-12(4)25)21-9-16(14)20/h6-10H,1-5H3,(H,21,22,25). The molecule has 1 aromatic carbocycles. The lowest BCUT2D eigenvalue weighted by molar-refractivity contribution is -0.114. The number of hydrogen-bond acceptors (Lipinski definition) is 3.